The van der Waals surface area contributed by atoms with Crippen LogP contribution in [0, 0.1) is 5.92 Å². The van der Waals surface area contributed by atoms with Gasteiger partial charge < -0.3 is 5.11 Å². The minimum absolute atomic E-state index is 0.00536. The van der Waals surface area contributed by atoms with Gasteiger partial charge in [-0.1, -0.05) is 43.2 Å². The molecule has 0 heterocycles. The van der Waals surface area contributed by atoms with Crippen LogP contribution >= 0.6 is 0 Å². The third-order valence-corrected chi connectivity index (χ3v) is 6.59. The van der Waals surface area contributed by atoms with Crippen LogP contribution in [0.3, 0.4) is 0 Å². The van der Waals surface area contributed by atoms with Gasteiger partial charge >= 0.3 is 0 Å². The predicted octanol–water partition coefficient (Wildman–Crippen LogP) is 2.78. The molecule has 0 aliphatic heterocycles. The van der Waals surface area contributed by atoms with E-state index in [4.69, 9.17) is 0 Å². The Morgan fingerprint density at radius 2 is 1.86 bits per heavy atom. The first-order valence-corrected chi connectivity index (χ1v) is 9.78. The van der Waals surface area contributed by atoms with E-state index in [1.807, 2.05) is 37.3 Å². The van der Waals surface area contributed by atoms with Crippen molar-refractivity contribution in [1.29, 1.82) is 0 Å². The van der Waals surface area contributed by atoms with Gasteiger partial charge in [0, 0.05) is 19.2 Å². The van der Waals surface area contributed by atoms with E-state index in [2.05, 4.69) is 0 Å². The smallest absolute Gasteiger partial charge is 0.214 e. The number of benzene rings is 1. The minimum Gasteiger partial charge on any atom is -0.396 e. The summed E-state index contributed by atoms with van der Waals surface area (Å²) in [5.41, 5.74) is 0.988. The van der Waals surface area contributed by atoms with Crippen molar-refractivity contribution in [2.75, 3.05) is 12.4 Å². The standard InChI is InChI=1S/C17H27NO3S/c1-15(11-12-19)18(13-16-7-3-2-4-8-16)22(20,21)14-17-9-5-6-10-17/h2-4,7-8,15,17,19H,5-6,9-14H2,1H3. The molecule has 0 saturated heterocycles. The molecule has 1 saturated carbocycles. The molecule has 1 N–H and O–H groups in total. The molecule has 0 bridgehead atoms. The van der Waals surface area contributed by atoms with E-state index in [-0.39, 0.29) is 18.4 Å². The second-order valence-electron chi connectivity index (χ2n) is 6.32. The van der Waals surface area contributed by atoms with Gasteiger partial charge in [-0.2, -0.15) is 4.31 Å². The van der Waals surface area contributed by atoms with E-state index in [1.54, 1.807) is 4.31 Å². The zero-order chi connectivity index (χ0) is 16.0. The second kappa shape index (κ2) is 8.09. The van der Waals surface area contributed by atoms with Gasteiger partial charge in [0.1, 0.15) is 0 Å². The monoisotopic (exact) mass is 325 g/mol. The Bertz CT molecular complexity index is 538. The molecule has 2 rings (SSSR count). The Morgan fingerprint density at radius 3 is 2.45 bits per heavy atom. The summed E-state index contributed by atoms with van der Waals surface area (Å²) >= 11 is 0. The maximum atomic E-state index is 12.9. The quantitative estimate of drug-likeness (QED) is 0.799. The molecule has 1 aliphatic rings. The predicted molar refractivity (Wildman–Crippen MR) is 88.9 cm³/mol. The van der Waals surface area contributed by atoms with Gasteiger partial charge in [-0.15, -0.1) is 0 Å². The van der Waals surface area contributed by atoms with Gasteiger partial charge in [0.15, 0.2) is 0 Å². The zero-order valence-electron chi connectivity index (χ0n) is 13.3. The fraction of sp³-hybridized carbons (Fsp3) is 0.647. The summed E-state index contributed by atoms with van der Waals surface area (Å²) in [4.78, 5) is 0. The summed E-state index contributed by atoms with van der Waals surface area (Å²) in [6.07, 6.45) is 4.80. The molecule has 1 fully saturated rings. The van der Waals surface area contributed by atoms with Crippen molar-refractivity contribution >= 4 is 10.0 Å². The molecule has 22 heavy (non-hydrogen) atoms. The number of hydrogen-bond acceptors (Lipinski definition) is 3. The fourth-order valence-corrected chi connectivity index (χ4v) is 5.31. The maximum Gasteiger partial charge on any atom is 0.214 e. The molecule has 1 unspecified atom stereocenters. The molecule has 0 amide bonds. The van der Waals surface area contributed by atoms with Crippen LogP contribution in [0.5, 0.6) is 0 Å². The first-order chi connectivity index (χ1) is 10.5. The third-order valence-electron chi connectivity index (χ3n) is 4.50. The Hall–Kier alpha value is -0.910. The van der Waals surface area contributed by atoms with Gasteiger partial charge in [-0.3, -0.25) is 0 Å². The molecule has 1 aromatic rings. The Balaban J connectivity index is 2.14. The van der Waals surface area contributed by atoms with E-state index < -0.39 is 10.0 Å². The number of sulfonamides is 1. The van der Waals surface area contributed by atoms with Crippen LogP contribution in [0.1, 0.15) is 44.6 Å². The van der Waals surface area contributed by atoms with Crippen LogP contribution in [0.2, 0.25) is 0 Å². The first-order valence-electron chi connectivity index (χ1n) is 8.17. The Labute approximate surface area is 134 Å². The Kier molecular flexibility index (Phi) is 6.41. The van der Waals surface area contributed by atoms with E-state index in [9.17, 15) is 13.5 Å². The molecule has 0 aromatic heterocycles. The normalized spacial score (nSPS) is 18.0. The highest BCUT2D eigenvalue weighted by Crippen LogP contribution is 2.28. The average molecular weight is 325 g/mol. The fourth-order valence-electron chi connectivity index (χ4n) is 3.19. The summed E-state index contributed by atoms with van der Waals surface area (Å²) in [7, 11) is -3.30. The van der Waals surface area contributed by atoms with Crippen molar-refractivity contribution in [2.24, 2.45) is 5.92 Å². The topological polar surface area (TPSA) is 57.6 Å². The molecular weight excluding hydrogens is 298 g/mol. The highest BCUT2D eigenvalue weighted by Gasteiger charge is 2.31. The lowest BCUT2D eigenvalue weighted by Crippen LogP contribution is -2.41. The van der Waals surface area contributed by atoms with Crippen LogP contribution in [-0.4, -0.2) is 36.2 Å². The van der Waals surface area contributed by atoms with E-state index in [1.165, 1.54) is 0 Å². The minimum atomic E-state index is -3.30. The van der Waals surface area contributed by atoms with Crippen LogP contribution in [0.15, 0.2) is 30.3 Å². The summed E-state index contributed by atoms with van der Waals surface area (Å²) in [5.74, 6) is 0.542. The molecule has 0 radical (unpaired) electrons. The van der Waals surface area contributed by atoms with Gasteiger partial charge in [-0.05, 0) is 37.7 Å². The second-order valence-corrected chi connectivity index (χ2v) is 8.29. The van der Waals surface area contributed by atoms with Gasteiger partial charge in [0.25, 0.3) is 0 Å². The van der Waals surface area contributed by atoms with Crippen LogP contribution in [-0.2, 0) is 16.6 Å². The summed E-state index contributed by atoms with van der Waals surface area (Å²) in [6, 6.07) is 9.49. The first kappa shape index (κ1) is 17.4. The molecular formula is C17H27NO3S. The van der Waals surface area contributed by atoms with Gasteiger partial charge in [0.2, 0.25) is 10.0 Å². The molecule has 5 heteroatoms. The van der Waals surface area contributed by atoms with E-state index in [0.29, 0.717) is 18.9 Å². The lowest BCUT2D eigenvalue weighted by atomic mass is 10.1. The zero-order valence-corrected chi connectivity index (χ0v) is 14.1. The van der Waals surface area contributed by atoms with Crippen LogP contribution < -0.4 is 0 Å². The average Bonchev–Trinajstić information content (AvgIpc) is 2.98. The highest BCUT2D eigenvalue weighted by atomic mass is 32.2. The summed E-state index contributed by atoms with van der Waals surface area (Å²) in [5, 5.41) is 9.18. The highest BCUT2D eigenvalue weighted by molar-refractivity contribution is 7.89. The largest absolute Gasteiger partial charge is 0.396 e. The van der Waals surface area contributed by atoms with Crippen molar-refractivity contribution < 1.29 is 13.5 Å². The number of aliphatic hydroxyl groups excluding tert-OH is 1. The van der Waals surface area contributed by atoms with Crippen molar-refractivity contribution in [2.45, 2.75) is 51.6 Å². The summed E-state index contributed by atoms with van der Waals surface area (Å²) in [6.45, 7) is 2.27. The molecule has 4 nitrogen and oxygen atoms in total. The number of nitrogens with zero attached hydrogens (tertiary/aromatic N) is 1. The van der Waals surface area contributed by atoms with Gasteiger partial charge in [0.05, 0.1) is 5.75 Å². The lowest BCUT2D eigenvalue weighted by molar-refractivity contribution is 0.230. The Morgan fingerprint density at radius 1 is 1.23 bits per heavy atom. The number of rotatable bonds is 8. The van der Waals surface area contributed by atoms with Crippen LogP contribution in [0.25, 0.3) is 0 Å². The van der Waals surface area contributed by atoms with Crippen molar-refractivity contribution in [3.63, 3.8) is 0 Å². The summed E-state index contributed by atoms with van der Waals surface area (Å²) < 4.78 is 27.3. The third kappa shape index (κ3) is 4.80. The number of hydrogen-bond donors (Lipinski definition) is 1. The van der Waals surface area contributed by atoms with E-state index in [0.717, 1.165) is 31.2 Å². The van der Waals surface area contributed by atoms with Crippen LogP contribution in [0.4, 0.5) is 0 Å². The van der Waals surface area contributed by atoms with Gasteiger partial charge in [-0.25, -0.2) is 8.42 Å². The molecule has 1 aliphatic carbocycles. The van der Waals surface area contributed by atoms with E-state index >= 15 is 0 Å². The SMILES string of the molecule is CC(CCO)N(Cc1ccccc1)S(=O)(=O)CC1CCCC1. The molecule has 124 valence electrons. The molecule has 0 spiro atoms. The van der Waals surface area contributed by atoms with Crippen molar-refractivity contribution in [3.05, 3.63) is 35.9 Å². The molecule has 1 atom stereocenters. The van der Waals surface area contributed by atoms with Crippen molar-refractivity contribution in [1.82, 2.24) is 4.31 Å². The van der Waals surface area contributed by atoms with Crippen molar-refractivity contribution in [3.8, 4) is 0 Å². The molecule has 1 aromatic carbocycles. The maximum absolute atomic E-state index is 12.9. The lowest BCUT2D eigenvalue weighted by Gasteiger charge is -2.29. The number of aliphatic hydroxyl groups is 1.